The van der Waals surface area contributed by atoms with E-state index in [4.69, 9.17) is 11.0 Å². The molecule has 0 bridgehead atoms. The van der Waals surface area contributed by atoms with Gasteiger partial charge in [0.1, 0.15) is 6.07 Å². The van der Waals surface area contributed by atoms with Gasteiger partial charge in [0.15, 0.2) is 5.82 Å². The van der Waals surface area contributed by atoms with Crippen molar-refractivity contribution in [3.05, 3.63) is 17.8 Å². The normalized spacial score (nSPS) is 19.4. The summed E-state index contributed by atoms with van der Waals surface area (Å²) in [6.07, 6.45) is 2.82. The van der Waals surface area contributed by atoms with Gasteiger partial charge in [0, 0.05) is 32.3 Å². The average Bonchev–Trinajstić information content (AvgIpc) is 2.36. The molecule has 0 aromatic carbocycles. The highest BCUT2D eigenvalue weighted by molar-refractivity contribution is 5.77. The number of aromatic nitrogens is 1. The largest absolute Gasteiger partial charge is 0.395 e. The first kappa shape index (κ1) is 12.2. The Morgan fingerprint density at radius 3 is 3.11 bits per heavy atom. The number of nitriles is 1. The van der Waals surface area contributed by atoms with Crippen LogP contribution in [0.25, 0.3) is 0 Å². The molecule has 6 heteroatoms. The van der Waals surface area contributed by atoms with Gasteiger partial charge in [-0.2, -0.15) is 5.26 Å². The summed E-state index contributed by atoms with van der Waals surface area (Å²) in [7, 11) is 1.78. The molecule has 1 saturated heterocycles. The number of amides is 1. The molecule has 0 aliphatic carbocycles. The van der Waals surface area contributed by atoms with E-state index in [0.29, 0.717) is 30.0 Å². The Kier molecular flexibility index (Phi) is 3.33. The molecular formula is C12H15N5O. The van der Waals surface area contributed by atoms with Crippen LogP contribution in [0.5, 0.6) is 0 Å². The van der Waals surface area contributed by atoms with Gasteiger partial charge in [-0.15, -0.1) is 0 Å². The molecule has 18 heavy (non-hydrogen) atoms. The predicted octanol–water partition coefficient (Wildman–Crippen LogP) is 0.568. The van der Waals surface area contributed by atoms with E-state index in [1.165, 1.54) is 0 Å². The molecule has 1 atom stereocenters. The summed E-state index contributed by atoms with van der Waals surface area (Å²) in [5.74, 6) is 0.668. The molecule has 3 N–H and O–H groups in total. The van der Waals surface area contributed by atoms with E-state index in [9.17, 15) is 4.79 Å². The fourth-order valence-corrected chi connectivity index (χ4v) is 2.01. The number of pyridine rings is 1. The van der Waals surface area contributed by atoms with Crippen LogP contribution in [0.4, 0.5) is 11.5 Å². The van der Waals surface area contributed by atoms with E-state index in [2.05, 4.69) is 10.3 Å². The van der Waals surface area contributed by atoms with E-state index in [1.807, 2.05) is 6.07 Å². The molecule has 1 aromatic heterocycles. The topological polar surface area (TPSA) is 95.0 Å². The molecule has 0 radical (unpaired) electrons. The summed E-state index contributed by atoms with van der Waals surface area (Å²) in [5, 5.41) is 12.1. The zero-order valence-electron chi connectivity index (χ0n) is 10.2. The first-order valence-corrected chi connectivity index (χ1v) is 5.77. The first-order valence-electron chi connectivity index (χ1n) is 5.77. The molecular weight excluding hydrogens is 230 g/mol. The number of carbonyl (C=O) groups is 1. The molecule has 2 rings (SSSR count). The second-order valence-corrected chi connectivity index (χ2v) is 4.39. The van der Waals surface area contributed by atoms with Gasteiger partial charge in [-0.3, -0.25) is 4.79 Å². The molecule has 1 unspecified atom stereocenters. The van der Waals surface area contributed by atoms with E-state index < -0.39 is 0 Å². The average molecular weight is 245 g/mol. The SMILES string of the molecule is CN1CC(Nc2nccc(C#N)c2N)CCC1=O. The van der Waals surface area contributed by atoms with Gasteiger partial charge in [-0.05, 0) is 12.5 Å². The van der Waals surface area contributed by atoms with Crippen LogP contribution in [0.1, 0.15) is 18.4 Å². The maximum atomic E-state index is 11.4. The Morgan fingerprint density at radius 2 is 2.44 bits per heavy atom. The van der Waals surface area contributed by atoms with Crippen LogP contribution in [0.3, 0.4) is 0 Å². The lowest BCUT2D eigenvalue weighted by Crippen LogP contribution is -2.43. The number of piperidine rings is 1. The van der Waals surface area contributed by atoms with Crippen LogP contribution in [-0.2, 0) is 4.79 Å². The Balaban J connectivity index is 2.11. The zero-order chi connectivity index (χ0) is 13.1. The number of anilines is 2. The van der Waals surface area contributed by atoms with E-state index in [0.717, 1.165) is 6.42 Å². The number of hydrogen-bond donors (Lipinski definition) is 2. The quantitative estimate of drug-likeness (QED) is 0.794. The van der Waals surface area contributed by atoms with Crippen molar-refractivity contribution < 1.29 is 4.79 Å². The number of hydrogen-bond acceptors (Lipinski definition) is 5. The third-order valence-corrected chi connectivity index (χ3v) is 3.08. The van der Waals surface area contributed by atoms with Gasteiger partial charge in [-0.1, -0.05) is 0 Å². The molecule has 0 saturated carbocycles. The summed E-state index contributed by atoms with van der Waals surface area (Å²) in [6.45, 7) is 0.622. The molecule has 1 fully saturated rings. The summed E-state index contributed by atoms with van der Waals surface area (Å²) in [6, 6.07) is 3.72. The molecule has 94 valence electrons. The highest BCUT2D eigenvalue weighted by Crippen LogP contribution is 2.22. The standard InChI is InChI=1S/C12H15N5O/c1-17-7-9(2-3-10(17)18)16-12-11(14)8(6-13)4-5-15-12/h4-5,9H,2-3,7,14H2,1H3,(H,15,16). The van der Waals surface area contributed by atoms with Gasteiger partial charge < -0.3 is 16.0 Å². The van der Waals surface area contributed by atoms with Crippen molar-refractivity contribution in [3.63, 3.8) is 0 Å². The summed E-state index contributed by atoms with van der Waals surface area (Å²) < 4.78 is 0. The number of nitrogens with zero attached hydrogens (tertiary/aromatic N) is 3. The molecule has 1 amide bonds. The van der Waals surface area contributed by atoms with Crippen molar-refractivity contribution >= 4 is 17.4 Å². The lowest BCUT2D eigenvalue weighted by molar-refractivity contribution is -0.132. The van der Waals surface area contributed by atoms with Crippen molar-refractivity contribution in [2.75, 3.05) is 24.6 Å². The highest BCUT2D eigenvalue weighted by atomic mass is 16.2. The monoisotopic (exact) mass is 245 g/mol. The Labute approximate surface area is 105 Å². The second kappa shape index (κ2) is 4.92. The van der Waals surface area contributed by atoms with Gasteiger partial charge in [-0.25, -0.2) is 4.98 Å². The van der Waals surface area contributed by atoms with Crippen LogP contribution in [0.2, 0.25) is 0 Å². The highest BCUT2D eigenvalue weighted by Gasteiger charge is 2.23. The van der Waals surface area contributed by atoms with E-state index >= 15 is 0 Å². The van der Waals surface area contributed by atoms with Crippen LogP contribution in [0, 0.1) is 11.3 Å². The summed E-state index contributed by atoms with van der Waals surface area (Å²) >= 11 is 0. The van der Waals surface area contributed by atoms with Crippen molar-refractivity contribution in [2.24, 2.45) is 0 Å². The van der Waals surface area contributed by atoms with Crippen LogP contribution in [-0.4, -0.2) is 35.4 Å². The minimum atomic E-state index is 0.122. The lowest BCUT2D eigenvalue weighted by atomic mass is 10.1. The van der Waals surface area contributed by atoms with E-state index in [-0.39, 0.29) is 11.9 Å². The smallest absolute Gasteiger partial charge is 0.222 e. The molecule has 2 heterocycles. The van der Waals surface area contributed by atoms with Gasteiger partial charge >= 0.3 is 0 Å². The van der Waals surface area contributed by atoms with Crippen LogP contribution < -0.4 is 11.1 Å². The van der Waals surface area contributed by atoms with E-state index in [1.54, 1.807) is 24.2 Å². The fourth-order valence-electron chi connectivity index (χ4n) is 2.01. The Morgan fingerprint density at radius 1 is 1.67 bits per heavy atom. The number of carbonyl (C=O) groups excluding carboxylic acids is 1. The molecule has 6 nitrogen and oxygen atoms in total. The van der Waals surface area contributed by atoms with Crippen molar-refractivity contribution in [2.45, 2.75) is 18.9 Å². The second-order valence-electron chi connectivity index (χ2n) is 4.39. The lowest BCUT2D eigenvalue weighted by Gasteiger charge is -2.30. The first-order chi connectivity index (χ1) is 8.61. The van der Waals surface area contributed by atoms with Crippen LogP contribution >= 0.6 is 0 Å². The van der Waals surface area contributed by atoms with Gasteiger partial charge in [0.05, 0.1) is 11.3 Å². The van der Waals surface area contributed by atoms with Crippen molar-refractivity contribution in [3.8, 4) is 6.07 Å². The van der Waals surface area contributed by atoms with Gasteiger partial charge in [0.25, 0.3) is 0 Å². The number of nitrogen functional groups attached to an aromatic ring is 1. The minimum Gasteiger partial charge on any atom is -0.395 e. The van der Waals surface area contributed by atoms with Crippen molar-refractivity contribution in [1.29, 1.82) is 5.26 Å². The zero-order valence-corrected chi connectivity index (χ0v) is 10.2. The Hall–Kier alpha value is -2.29. The maximum Gasteiger partial charge on any atom is 0.222 e. The predicted molar refractivity (Wildman–Crippen MR) is 67.6 cm³/mol. The summed E-state index contributed by atoms with van der Waals surface area (Å²) in [4.78, 5) is 17.2. The number of rotatable bonds is 2. The van der Waals surface area contributed by atoms with Gasteiger partial charge in [0.2, 0.25) is 5.91 Å². The fraction of sp³-hybridized carbons (Fsp3) is 0.417. The minimum absolute atomic E-state index is 0.122. The van der Waals surface area contributed by atoms with Crippen LogP contribution in [0.15, 0.2) is 12.3 Å². The number of nitrogens with one attached hydrogen (secondary N) is 1. The third-order valence-electron chi connectivity index (χ3n) is 3.08. The summed E-state index contributed by atoms with van der Waals surface area (Å²) in [5.41, 5.74) is 6.62. The Bertz CT molecular complexity index is 508. The number of likely N-dealkylation sites (tertiary alicyclic amines) is 1. The molecule has 0 spiro atoms. The third kappa shape index (κ3) is 2.35. The maximum absolute atomic E-state index is 11.4. The van der Waals surface area contributed by atoms with Crippen molar-refractivity contribution in [1.82, 2.24) is 9.88 Å². The number of nitrogens with two attached hydrogens (primary N) is 1. The molecule has 1 aromatic rings. The molecule has 1 aliphatic rings. The number of likely N-dealkylation sites (N-methyl/N-ethyl adjacent to an activating group) is 1. The molecule has 1 aliphatic heterocycles.